The minimum absolute atomic E-state index is 0.0508. The van der Waals surface area contributed by atoms with Crippen molar-refractivity contribution in [1.82, 2.24) is 4.98 Å². The number of carbonyl (C=O) groups excluding carboxylic acids is 1. The summed E-state index contributed by atoms with van der Waals surface area (Å²) in [7, 11) is 0. The molecule has 0 aliphatic carbocycles. The summed E-state index contributed by atoms with van der Waals surface area (Å²) in [5.74, 6) is 0.0508. The maximum Gasteiger partial charge on any atom is 0.152 e. The van der Waals surface area contributed by atoms with Gasteiger partial charge in [0.25, 0.3) is 0 Å². The topological polar surface area (TPSA) is 32.9 Å². The van der Waals surface area contributed by atoms with Crippen LogP contribution in [-0.4, -0.2) is 10.8 Å². The normalized spacial score (nSPS) is 11.3. The number of nitrogens with one attached hydrogen (secondary N) is 1. The lowest BCUT2D eigenvalue weighted by Crippen LogP contribution is -1.79. The summed E-state index contributed by atoms with van der Waals surface area (Å²) < 4.78 is 1.05. The molecule has 0 aliphatic heterocycles. The number of carbonyl (C=O) groups is 1. The van der Waals surface area contributed by atoms with E-state index in [0.717, 1.165) is 21.1 Å². The minimum atomic E-state index is 0.0508. The van der Waals surface area contributed by atoms with Gasteiger partial charge in [0.1, 0.15) is 0 Å². The number of aromatic amines is 1. The highest BCUT2D eigenvalue weighted by molar-refractivity contribution is 9.10. The fourth-order valence-electron chi connectivity index (χ4n) is 1.42. The molecule has 2 rings (SSSR count). The number of fused-ring (bicyclic) bond motifs is 1. The molecule has 0 saturated heterocycles. The number of halogens is 1. The Labute approximate surface area is 96.1 Å². The highest BCUT2D eigenvalue weighted by Crippen LogP contribution is 2.20. The molecule has 15 heavy (non-hydrogen) atoms. The Morgan fingerprint density at radius 2 is 2.20 bits per heavy atom. The molecule has 1 aromatic carbocycles. The summed E-state index contributed by atoms with van der Waals surface area (Å²) in [5, 5.41) is 1.13. The third kappa shape index (κ3) is 2.36. The van der Waals surface area contributed by atoms with Gasteiger partial charge in [-0.15, -0.1) is 0 Å². The first kappa shape index (κ1) is 10.2. The van der Waals surface area contributed by atoms with Crippen LogP contribution in [0.5, 0.6) is 0 Å². The van der Waals surface area contributed by atoms with Crippen molar-refractivity contribution in [3.05, 3.63) is 40.5 Å². The second kappa shape index (κ2) is 4.03. The molecule has 0 bridgehead atoms. The van der Waals surface area contributed by atoms with Crippen molar-refractivity contribution in [1.29, 1.82) is 0 Å². The van der Waals surface area contributed by atoms with Crippen LogP contribution in [0.3, 0.4) is 0 Å². The summed E-state index contributed by atoms with van der Waals surface area (Å²) in [6.45, 7) is 1.54. The van der Waals surface area contributed by atoms with Gasteiger partial charge in [-0.2, -0.15) is 0 Å². The number of ketones is 1. The van der Waals surface area contributed by atoms with Crippen LogP contribution in [0.4, 0.5) is 0 Å². The molecule has 1 heterocycles. The van der Waals surface area contributed by atoms with Crippen LogP contribution in [0.1, 0.15) is 12.6 Å². The second-order valence-electron chi connectivity index (χ2n) is 3.40. The number of H-pyrrole nitrogens is 1. The third-order valence-electron chi connectivity index (χ3n) is 2.10. The van der Waals surface area contributed by atoms with Crippen molar-refractivity contribution in [2.45, 2.75) is 6.92 Å². The number of allylic oxidation sites excluding steroid dienone is 1. The minimum Gasteiger partial charge on any atom is -0.355 e. The summed E-state index contributed by atoms with van der Waals surface area (Å²) in [6, 6.07) is 8.04. The summed E-state index contributed by atoms with van der Waals surface area (Å²) in [4.78, 5) is 14.0. The molecule has 2 nitrogen and oxygen atoms in total. The van der Waals surface area contributed by atoms with E-state index in [1.165, 1.54) is 6.92 Å². The van der Waals surface area contributed by atoms with Gasteiger partial charge in [0, 0.05) is 21.1 Å². The van der Waals surface area contributed by atoms with E-state index in [2.05, 4.69) is 20.9 Å². The lowest BCUT2D eigenvalue weighted by Gasteiger charge is -1.89. The summed E-state index contributed by atoms with van der Waals surface area (Å²) in [5.41, 5.74) is 2.01. The maximum atomic E-state index is 10.8. The Bertz CT molecular complexity index is 540. The zero-order chi connectivity index (χ0) is 10.8. The standard InChI is InChI=1S/C12H10BrNO/c1-8(15)2-4-11-7-9-6-10(13)3-5-12(9)14-11/h2-7,14H,1H3/b4-2+. The van der Waals surface area contributed by atoms with Gasteiger partial charge in [-0.1, -0.05) is 15.9 Å². The lowest BCUT2D eigenvalue weighted by atomic mass is 10.2. The van der Waals surface area contributed by atoms with Gasteiger partial charge in [-0.25, -0.2) is 0 Å². The van der Waals surface area contributed by atoms with Crippen molar-refractivity contribution in [2.24, 2.45) is 0 Å². The number of rotatable bonds is 2. The molecule has 1 aromatic heterocycles. The van der Waals surface area contributed by atoms with Crippen LogP contribution in [0.25, 0.3) is 17.0 Å². The van der Waals surface area contributed by atoms with Gasteiger partial charge < -0.3 is 4.98 Å². The number of benzene rings is 1. The molecule has 0 aliphatic rings. The lowest BCUT2D eigenvalue weighted by molar-refractivity contribution is -0.112. The van der Waals surface area contributed by atoms with Gasteiger partial charge in [-0.3, -0.25) is 4.79 Å². The van der Waals surface area contributed by atoms with Crippen LogP contribution in [0, 0.1) is 0 Å². The quantitative estimate of drug-likeness (QED) is 0.827. The molecule has 0 amide bonds. The first-order chi connectivity index (χ1) is 7.15. The first-order valence-electron chi connectivity index (χ1n) is 4.62. The van der Waals surface area contributed by atoms with Crippen molar-refractivity contribution < 1.29 is 4.79 Å². The summed E-state index contributed by atoms with van der Waals surface area (Å²) in [6.07, 6.45) is 3.34. The smallest absolute Gasteiger partial charge is 0.152 e. The SMILES string of the molecule is CC(=O)/C=C/c1cc2cc(Br)ccc2[nH]1. The Morgan fingerprint density at radius 1 is 1.40 bits per heavy atom. The van der Waals surface area contributed by atoms with E-state index in [-0.39, 0.29) is 5.78 Å². The van der Waals surface area contributed by atoms with Crippen LogP contribution in [0.15, 0.2) is 34.8 Å². The number of hydrogen-bond acceptors (Lipinski definition) is 1. The van der Waals surface area contributed by atoms with Gasteiger partial charge in [-0.05, 0) is 43.3 Å². The average molecular weight is 264 g/mol. The fraction of sp³-hybridized carbons (Fsp3) is 0.0833. The largest absolute Gasteiger partial charge is 0.355 e. The monoisotopic (exact) mass is 263 g/mol. The predicted molar refractivity (Wildman–Crippen MR) is 65.7 cm³/mol. The third-order valence-corrected chi connectivity index (χ3v) is 2.59. The van der Waals surface area contributed by atoms with Crippen LogP contribution in [-0.2, 0) is 4.79 Å². The Balaban J connectivity index is 2.43. The molecule has 1 N–H and O–H groups in total. The van der Waals surface area contributed by atoms with Crippen molar-refractivity contribution in [3.63, 3.8) is 0 Å². The van der Waals surface area contributed by atoms with E-state index >= 15 is 0 Å². The predicted octanol–water partition coefficient (Wildman–Crippen LogP) is 3.53. The van der Waals surface area contributed by atoms with Gasteiger partial charge >= 0.3 is 0 Å². The average Bonchev–Trinajstić information content (AvgIpc) is 2.56. The molecule has 0 radical (unpaired) electrons. The zero-order valence-electron chi connectivity index (χ0n) is 8.25. The summed E-state index contributed by atoms with van der Waals surface area (Å²) >= 11 is 3.42. The van der Waals surface area contributed by atoms with E-state index in [1.807, 2.05) is 24.3 Å². The Kier molecular flexibility index (Phi) is 2.73. The molecule has 0 atom stereocenters. The molecule has 2 aromatic rings. The first-order valence-corrected chi connectivity index (χ1v) is 5.41. The maximum absolute atomic E-state index is 10.8. The highest BCUT2D eigenvalue weighted by Gasteiger charge is 1.98. The van der Waals surface area contributed by atoms with E-state index in [9.17, 15) is 4.79 Å². The van der Waals surface area contributed by atoms with Crippen LogP contribution >= 0.6 is 15.9 Å². The fourth-order valence-corrected chi connectivity index (χ4v) is 1.80. The molecule has 0 unspecified atom stereocenters. The van der Waals surface area contributed by atoms with E-state index in [0.29, 0.717) is 0 Å². The molecular formula is C12H10BrNO. The molecule has 3 heteroatoms. The van der Waals surface area contributed by atoms with Crippen LogP contribution < -0.4 is 0 Å². The van der Waals surface area contributed by atoms with E-state index in [4.69, 9.17) is 0 Å². The van der Waals surface area contributed by atoms with Crippen molar-refractivity contribution in [2.75, 3.05) is 0 Å². The van der Waals surface area contributed by atoms with Crippen molar-refractivity contribution >= 4 is 38.7 Å². The van der Waals surface area contributed by atoms with E-state index < -0.39 is 0 Å². The Hall–Kier alpha value is -1.35. The molecule has 0 fully saturated rings. The van der Waals surface area contributed by atoms with Gasteiger partial charge in [0.2, 0.25) is 0 Å². The Morgan fingerprint density at radius 3 is 2.93 bits per heavy atom. The highest BCUT2D eigenvalue weighted by atomic mass is 79.9. The zero-order valence-corrected chi connectivity index (χ0v) is 9.84. The van der Waals surface area contributed by atoms with Crippen molar-refractivity contribution in [3.8, 4) is 0 Å². The molecular weight excluding hydrogens is 254 g/mol. The van der Waals surface area contributed by atoms with Crippen LogP contribution in [0.2, 0.25) is 0 Å². The van der Waals surface area contributed by atoms with Gasteiger partial charge in [0.15, 0.2) is 5.78 Å². The molecule has 76 valence electrons. The molecule has 0 saturated carbocycles. The second-order valence-corrected chi connectivity index (χ2v) is 4.32. The number of hydrogen-bond donors (Lipinski definition) is 1. The number of aromatic nitrogens is 1. The van der Waals surface area contributed by atoms with Gasteiger partial charge in [0.05, 0.1) is 0 Å². The molecule has 0 spiro atoms. The van der Waals surface area contributed by atoms with E-state index in [1.54, 1.807) is 12.2 Å².